The van der Waals surface area contributed by atoms with Crippen LogP contribution in [0.15, 0.2) is 66.4 Å². The maximum Gasteiger partial charge on any atom is 0.282 e. The van der Waals surface area contributed by atoms with E-state index in [1.807, 2.05) is 38.1 Å². The Kier molecular flexibility index (Phi) is 6.11. The maximum atomic E-state index is 13.7. The number of carbonyl (C=O) groups is 2. The number of benzene rings is 3. The number of carbonyl (C=O) groups excluding carboxylic acids is 2. The van der Waals surface area contributed by atoms with E-state index >= 15 is 0 Å². The van der Waals surface area contributed by atoms with Gasteiger partial charge in [-0.05, 0) is 49.2 Å². The number of nitrogens with zero attached hydrogens (tertiary/aromatic N) is 1. The zero-order chi connectivity index (χ0) is 23.7. The van der Waals surface area contributed by atoms with Gasteiger partial charge < -0.3 is 14.8 Å². The molecular weight excluding hydrogens is 440 g/mol. The predicted octanol–water partition coefficient (Wildman–Crippen LogP) is 5.37. The molecule has 4 rings (SSSR count). The van der Waals surface area contributed by atoms with Gasteiger partial charge in [0.05, 0.1) is 31.2 Å². The number of rotatable bonds is 6. The number of nitrogens with one attached hydrogen (secondary N) is 1. The molecule has 0 radical (unpaired) electrons. The zero-order valence-electron chi connectivity index (χ0n) is 18.7. The molecule has 0 fully saturated rings. The molecule has 168 valence electrons. The van der Waals surface area contributed by atoms with Crippen LogP contribution in [0.1, 0.15) is 16.7 Å². The number of aryl methyl sites for hydroxylation is 2. The van der Waals surface area contributed by atoms with Crippen molar-refractivity contribution in [2.24, 2.45) is 0 Å². The molecule has 7 heteroatoms. The van der Waals surface area contributed by atoms with Crippen LogP contribution in [0.25, 0.3) is 5.57 Å². The van der Waals surface area contributed by atoms with E-state index in [0.29, 0.717) is 33.5 Å². The van der Waals surface area contributed by atoms with Gasteiger partial charge >= 0.3 is 0 Å². The van der Waals surface area contributed by atoms with Crippen molar-refractivity contribution in [1.82, 2.24) is 0 Å². The molecule has 3 aromatic carbocycles. The average Bonchev–Trinajstić information content (AvgIpc) is 3.05. The minimum Gasteiger partial charge on any atom is -0.497 e. The lowest BCUT2D eigenvalue weighted by Crippen LogP contribution is -2.33. The summed E-state index contributed by atoms with van der Waals surface area (Å²) in [4.78, 5) is 28.5. The minimum absolute atomic E-state index is 0.148. The molecule has 2 amide bonds. The Morgan fingerprint density at radius 2 is 1.58 bits per heavy atom. The van der Waals surface area contributed by atoms with Crippen LogP contribution in [0.2, 0.25) is 5.02 Å². The van der Waals surface area contributed by atoms with Crippen molar-refractivity contribution in [3.8, 4) is 11.5 Å². The third-order valence-electron chi connectivity index (χ3n) is 5.50. The van der Waals surface area contributed by atoms with Gasteiger partial charge in [0.15, 0.2) is 0 Å². The van der Waals surface area contributed by atoms with E-state index in [2.05, 4.69) is 5.32 Å². The van der Waals surface area contributed by atoms with Crippen LogP contribution < -0.4 is 19.7 Å². The molecule has 0 atom stereocenters. The highest BCUT2D eigenvalue weighted by Gasteiger charge is 2.41. The number of ether oxygens (including phenoxy) is 2. The van der Waals surface area contributed by atoms with Crippen LogP contribution in [0.5, 0.6) is 11.5 Å². The Labute approximate surface area is 197 Å². The van der Waals surface area contributed by atoms with E-state index in [4.69, 9.17) is 21.1 Å². The molecule has 0 spiro atoms. The van der Waals surface area contributed by atoms with Gasteiger partial charge in [-0.3, -0.25) is 9.59 Å². The van der Waals surface area contributed by atoms with E-state index in [9.17, 15) is 9.59 Å². The molecule has 1 aliphatic rings. The second-order valence-corrected chi connectivity index (χ2v) is 8.12. The first-order valence-electron chi connectivity index (χ1n) is 10.3. The Morgan fingerprint density at radius 3 is 2.24 bits per heavy atom. The van der Waals surface area contributed by atoms with Crippen LogP contribution in [-0.4, -0.2) is 26.0 Å². The van der Waals surface area contributed by atoms with E-state index in [-0.39, 0.29) is 11.3 Å². The van der Waals surface area contributed by atoms with Crippen molar-refractivity contribution in [2.75, 3.05) is 24.4 Å². The summed E-state index contributed by atoms with van der Waals surface area (Å²) in [7, 11) is 3.09. The van der Waals surface area contributed by atoms with Crippen molar-refractivity contribution in [2.45, 2.75) is 13.8 Å². The third-order valence-corrected chi connectivity index (χ3v) is 5.74. The molecule has 0 unspecified atom stereocenters. The van der Waals surface area contributed by atoms with Crippen LogP contribution in [-0.2, 0) is 9.59 Å². The first-order chi connectivity index (χ1) is 15.8. The Bertz CT molecular complexity index is 1280. The van der Waals surface area contributed by atoms with Gasteiger partial charge in [-0.25, -0.2) is 4.90 Å². The molecule has 6 nitrogen and oxygen atoms in total. The van der Waals surface area contributed by atoms with Gasteiger partial charge in [-0.2, -0.15) is 0 Å². The summed E-state index contributed by atoms with van der Waals surface area (Å²) in [6.07, 6.45) is 0. The smallest absolute Gasteiger partial charge is 0.282 e. The first-order valence-corrected chi connectivity index (χ1v) is 10.7. The SMILES string of the molecule is COc1ccc(OC)c(NC2=C(c3ccc(C)cc3)C(=O)N(c3cc(Cl)ccc3C)C2=O)c1. The molecule has 0 aliphatic carbocycles. The fraction of sp³-hybridized carbons (Fsp3) is 0.154. The number of methoxy groups -OCH3 is 2. The Morgan fingerprint density at radius 1 is 0.848 bits per heavy atom. The molecule has 0 aromatic heterocycles. The van der Waals surface area contributed by atoms with Crippen LogP contribution >= 0.6 is 11.6 Å². The summed E-state index contributed by atoms with van der Waals surface area (Å²) in [5.74, 6) is 0.170. The highest BCUT2D eigenvalue weighted by atomic mass is 35.5. The number of hydrogen-bond donors (Lipinski definition) is 1. The molecular formula is C26H23ClN2O4. The summed E-state index contributed by atoms with van der Waals surface area (Å²) >= 11 is 6.19. The normalized spacial score (nSPS) is 13.5. The molecule has 3 aromatic rings. The average molecular weight is 463 g/mol. The van der Waals surface area contributed by atoms with Crippen LogP contribution in [0.3, 0.4) is 0 Å². The highest BCUT2D eigenvalue weighted by Crippen LogP contribution is 2.38. The lowest BCUT2D eigenvalue weighted by atomic mass is 10.0. The van der Waals surface area contributed by atoms with E-state index < -0.39 is 11.8 Å². The van der Waals surface area contributed by atoms with Gasteiger partial charge in [-0.15, -0.1) is 0 Å². The predicted molar refractivity (Wildman–Crippen MR) is 130 cm³/mol. The highest BCUT2D eigenvalue weighted by molar-refractivity contribution is 6.46. The minimum atomic E-state index is -0.481. The van der Waals surface area contributed by atoms with Gasteiger partial charge in [0.1, 0.15) is 17.2 Å². The van der Waals surface area contributed by atoms with Crippen molar-refractivity contribution in [3.63, 3.8) is 0 Å². The lowest BCUT2D eigenvalue weighted by molar-refractivity contribution is -0.120. The number of amides is 2. The second kappa shape index (κ2) is 9.00. The van der Waals surface area contributed by atoms with Crippen molar-refractivity contribution in [1.29, 1.82) is 0 Å². The standard InChI is InChI=1S/C26H23ClN2O4/c1-15-5-8-17(9-6-15)23-24(28-20-14-19(32-3)11-12-22(20)33-4)26(31)29(25(23)30)21-13-18(27)10-7-16(21)2/h5-14,28H,1-4H3. The lowest BCUT2D eigenvalue weighted by Gasteiger charge is -2.18. The molecule has 1 heterocycles. The van der Waals surface area contributed by atoms with Gasteiger partial charge in [0.2, 0.25) is 0 Å². The number of halogens is 1. The maximum absolute atomic E-state index is 13.7. The number of imide groups is 1. The summed E-state index contributed by atoms with van der Waals surface area (Å²) in [5.41, 5.74) is 3.79. The third kappa shape index (κ3) is 4.17. The Balaban J connectivity index is 1.88. The molecule has 0 saturated heterocycles. The molecule has 33 heavy (non-hydrogen) atoms. The first kappa shape index (κ1) is 22.4. The van der Waals surface area contributed by atoms with Crippen LogP contribution in [0.4, 0.5) is 11.4 Å². The number of anilines is 2. The van der Waals surface area contributed by atoms with Crippen LogP contribution in [0, 0.1) is 13.8 Å². The van der Waals surface area contributed by atoms with Crippen molar-refractivity contribution < 1.29 is 19.1 Å². The van der Waals surface area contributed by atoms with Gasteiger partial charge in [0, 0.05) is 11.1 Å². The van der Waals surface area contributed by atoms with E-state index in [1.165, 1.54) is 7.11 Å². The fourth-order valence-electron chi connectivity index (χ4n) is 3.72. The summed E-state index contributed by atoms with van der Waals surface area (Å²) in [6.45, 7) is 3.79. The summed E-state index contributed by atoms with van der Waals surface area (Å²) in [6, 6.07) is 17.8. The topological polar surface area (TPSA) is 67.9 Å². The molecule has 0 saturated carbocycles. The van der Waals surface area contributed by atoms with Gasteiger partial charge in [0.25, 0.3) is 11.8 Å². The quantitative estimate of drug-likeness (QED) is 0.499. The summed E-state index contributed by atoms with van der Waals surface area (Å²) < 4.78 is 10.8. The molecule has 0 bridgehead atoms. The summed E-state index contributed by atoms with van der Waals surface area (Å²) in [5, 5.41) is 3.58. The van der Waals surface area contributed by atoms with Crippen molar-refractivity contribution in [3.05, 3.63) is 88.1 Å². The fourth-order valence-corrected chi connectivity index (χ4v) is 3.89. The Hall–Kier alpha value is -3.77. The van der Waals surface area contributed by atoms with E-state index in [1.54, 1.807) is 43.5 Å². The largest absolute Gasteiger partial charge is 0.497 e. The molecule has 1 N–H and O–H groups in total. The van der Waals surface area contributed by atoms with Crippen molar-refractivity contribution >= 4 is 40.4 Å². The second-order valence-electron chi connectivity index (χ2n) is 7.68. The van der Waals surface area contributed by atoms with Gasteiger partial charge in [-0.1, -0.05) is 47.5 Å². The molecule has 1 aliphatic heterocycles. The zero-order valence-corrected chi connectivity index (χ0v) is 19.5. The number of hydrogen-bond acceptors (Lipinski definition) is 5. The van der Waals surface area contributed by atoms with E-state index in [0.717, 1.165) is 16.0 Å². The monoisotopic (exact) mass is 462 g/mol.